The number of hydrogen-bond donors (Lipinski definition) is 2. The van der Waals surface area contributed by atoms with E-state index in [0.29, 0.717) is 45.3 Å². The van der Waals surface area contributed by atoms with Crippen LogP contribution in [-0.2, 0) is 0 Å². The molecule has 0 unspecified atom stereocenters. The minimum absolute atomic E-state index is 0.156. The van der Waals surface area contributed by atoms with Gasteiger partial charge < -0.3 is 14.8 Å². The van der Waals surface area contributed by atoms with Crippen LogP contribution in [-0.4, -0.2) is 24.2 Å². The highest BCUT2D eigenvalue weighted by molar-refractivity contribution is 7.80. The summed E-state index contributed by atoms with van der Waals surface area (Å²) in [5.74, 6) is 0.926. The third kappa shape index (κ3) is 3.82. The van der Waals surface area contributed by atoms with Crippen molar-refractivity contribution in [3.8, 4) is 11.5 Å². The molecule has 1 aliphatic rings. The normalized spacial score (nSPS) is 12.7. The molecular formula is C18H12Cl2N2O3S2. The van der Waals surface area contributed by atoms with E-state index in [1.54, 1.807) is 36.4 Å². The predicted octanol–water partition coefficient (Wildman–Crippen LogP) is 5.11. The van der Waals surface area contributed by atoms with Crippen molar-refractivity contribution in [2.45, 2.75) is 0 Å². The Morgan fingerprint density at radius 1 is 1.07 bits per heavy atom. The molecular weight excluding hydrogens is 427 g/mol. The first kappa shape index (κ1) is 18.3. The third-order valence-corrected chi connectivity index (χ3v) is 5.92. The largest absolute Gasteiger partial charge is 0.486 e. The van der Waals surface area contributed by atoms with Crippen LogP contribution in [0.5, 0.6) is 11.5 Å². The Morgan fingerprint density at radius 2 is 1.85 bits per heavy atom. The number of benzene rings is 2. The molecule has 0 radical (unpaired) electrons. The molecule has 0 bridgehead atoms. The SMILES string of the molecule is O=C(NC(=S)Nc1ccc2c(c1)OCCO2)c1sc2cc(Cl)ccc2c1Cl. The van der Waals surface area contributed by atoms with Crippen LogP contribution in [0.25, 0.3) is 10.1 Å². The van der Waals surface area contributed by atoms with Crippen molar-refractivity contribution in [3.63, 3.8) is 0 Å². The van der Waals surface area contributed by atoms with Crippen molar-refractivity contribution in [3.05, 3.63) is 51.3 Å². The second kappa shape index (κ2) is 7.52. The zero-order chi connectivity index (χ0) is 19.0. The number of thiocarbonyl (C=S) groups is 1. The van der Waals surface area contributed by atoms with Gasteiger partial charge in [-0.15, -0.1) is 11.3 Å². The van der Waals surface area contributed by atoms with Crippen LogP contribution in [0.3, 0.4) is 0 Å². The first-order valence-corrected chi connectivity index (χ1v) is 9.89. The topological polar surface area (TPSA) is 59.6 Å². The molecule has 2 aromatic carbocycles. The van der Waals surface area contributed by atoms with Gasteiger partial charge in [0.05, 0.1) is 5.02 Å². The minimum Gasteiger partial charge on any atom is -0.486 e. The van der Waals surface area contributed by atoms with Crippen molar-refractivity contribution >= 4 is 73.5 Å². The van der Waals surface area contributed by atoms with Crippen LogP contribution in [0.15, 0.2) is 36.4 Å². The standard InChI is InChI=1S/C18H12Cl2N2O3S2/c19-9-1-3-11-14(7-9)27-16(15(11)20)17(23)22-18(26)21-10-2-4-12-13(8-10)25-6-5-24-12/h1-4,7-8H,5-6H2,(H2,21,22,23,26). The minimum atomic E-state index is -0.382. The summed E-state index contributed by atoms with van der Waals surface area (Å²) in [6.07, 6.45) is 0. The Morgan fingerprint density at radius 3 is 2.67 bits per heavy atom. The molecule has 0 spiro atoms. The maximum Gasteiger partial charge on any atom is 0.269 e. The highest BCUT2D eigenvalue weighted by atomic mass is 35.5. The molecule has 1 amide bonds. The van der Waals surface area contributed by atoms with E-state index in [1.807, 2.05) is 0 Å². The van der Waals surface area contributed by atoms with Gasteiger partial charge in [0.1, 0.15) is 18.1 Å². The molecule has 0 atom stereocenters. The van der Waals surface area contributed by atoms with E-state index in [1.165, 1.54) is 11.3 Å². The Bertz CT molecular complexity index is 1070. The molecule has 5 nitrogen and oxygen atoms in total. The van der Waals surface area contributed by atoms with Gasteiger partial charge in [0.2, 0.25) is 0 Å². The van der Waals surface area contributed by atoms with Gasteiger partial charge in [-0.1, -0.05) is 29.3 Å². The van der Waals surface area contributed by atoms with Gasteiger partial charge >= 0.3 is 0 Å². The van der Waals surface area contributed by atoms with E-state index in [9.17, 15) is 4.79 Å². The Balaban J connectivity index is 1.48. The fourth-order valence-corrected chi connectivity index (χ4v) is 4.53. The molecule has 0 saturated heterocycles. The molecule has 3 aromatic rings. The van der Waals surface area contributed by atoms with Gasteiger partial charge in [-0.3, -0.25) is 10.1 Å². The molecule has 0 fully saturated rings. The van der Waals surface area contributed by atoms with E-state index >= 15 is 0 Å². The number of rotatable bonds is 2. The number of ether oxygens (including phenoxy) is 2. The van der Waals surface area contributed by atoms with E-state index in [2.05, 4.69) is 10.6 Å². The lowest BCUT2D eigenvalue weighted by Crippen LogP contribution is -2.33. The Kier molecular flexibility index (Phi) is 5.10. The molecule has 0 saturated carbocycles. The summed E-state index contributed by atoms with van der Waals surface area (Å²) in [5.41, 5.74) is 0.679. The number of amides is 1. The molecule has 2 N–H and O–H groups in total. The van der Waals surface area contributed by atoms with Crippen molar-refractivity contribution in [1.82, 2.24) is 5.32 Å². The summed E-state index contributed by atoms with van der Waals surface area (Å²) < 4.78 is 11.8. The van der Waals surface area contributed by atoms with Crippen LogP contribution in [0.4, 0.5) is 5.69 Å². The van der Waals surface area contributed by atoms with Gasteiger partial charge in [-0.05, 0) is 36.5 Å². The molecule has 138 valence electrons. The zero-order valence-electron chi connectivity index (χ0n) is 13.7. The van der Waals surface area contributed by atoms with Crippen LogP contribution in [0.1, 0.15) is 9.67 Å². The lowest BCUT2D eigenvalue weighted by Gasteiger charge is -2.19. The highest BCUT2D eigenvalue weighted by Gasteiger charge is 2.19. The van der Waals surface area contributed by atoms with Crippen molar-refractivity contribution in [1.29, 1.82) is 0 Å². The second-order valence-electron chi connectivity index (χ2n) is 5.65. The summed E-state index contributed by atoms with van der Waals surface area (Å²) in [4.78, 5) is 12.9. The van der Waals surface area contributed by atoms with Gasteiger partial charge in [0, 0.05) is 26.9 Å². The molecule has 2 heterocycles. The first-order chi connectivity index (χ1) is 13.0. The monoisotopic (exact) mass is 438 g/mol. The quantitative estimate of drug-likeness (QED) is 0.544. The number of nitrogens with one attached hydrogen (secondary N) is 2. The van der Waals surface area contributed by atoms with E-state index in [-0.39, 0.29) is 11.0 Å². The van der Waals surface area contributed by atoms with Gasteiger partial charge in [0.15, 0.2) is 16.6 Å². The van der Waals surface area contributed by atoms with E-state index in [0.717, 1.165) is 10.1 Å². The average molecular weight is 439 g/mol. The van der Waals surface area contributed by atoms with Crippen LogP contribution in [0.2, 0.25) is 10.0 Å². The third-order valence-electron chi connectivity index (χ3n) is 3.82. The van der Waals surface area contributed by atoms with Gasteiger partial charge in [-0.2, -0.15) is 0 Å². The number of thiophene rings is 1. The number of carbonyl (C=O) groups is 1. The summed E-state index contributed by atoms with van der Waals surface area (Å²) in [6, 6.07) is 10.6. The fraction of sp³-hybridized carbons (Fsp3) is 0.111. The zero-order valence-corrected chi connectivity index (χ0v) is 16.8. The predicted molar refractivity (Wildman–Crippen MR) is 113 cm³/mol. The average Bonchev–Trinajstić information content (AvgIpc) is 2.97. The Labute approximate surface area is 174 Å². The van der Waals surface area contributed by atoms with Crippen molar-refractivity contribution in [2.24, 2.45) is 0 Å². The number of hydrogen-bond acceptors (Lipinski definition) is 5. The maximum atomic E-state index is 12.6. The summed E-state index contributed by atoms with van der Waals surface area (Å²) in [6.45, 7) is 1.02. The number of fused-ring (bicyclic) bond motifs is 2. The van der Waals surface area contributed by atoms with E-state index < -0.39 is 0 Å². The van der Waals surface area contributed by atoms with Crippen LogP contribution in [0, 0.1) is 0 Å². The second-order valence-corrected chi connectivity index (χ2v) is 7.93. The number of anilines is 1. The summed E-state index contributed by atoms with van der Waals surface area (Å²) in [5, 5.41) is 7.51. The molecule has 1 aromatic heterocycles. The van der Waals surface area contributed by atoms with Crippen molar-refractivity contribution in [2.75, 3.05) is 18.5 Å². The van der Waals surface area contributed by atoms with Crippen LogP contribution >= 0.6 is 46.8 Å². The van der Waals surface area contributed by atoms with Crippen molar-refractivity contribution < 1.29 is 14.3 Å². The Hall–Kier alpha value is -2.06. The molecule has 4 rings (SSSR count). The molecule has 27 heavy (non-hydrogen) atoms. The fourth-order valence-electron chi connectivity index (χ4n) is 2.63. The van der Waals surface area contributed by atoms with E-state index in [4.69, 9.17) is 44.9 Å². The lowest BCUT2D eigenvalue weighted by molar-refractivity contribution is 0.0982. The molecule has 9 heteroatoms. The maximum absolute atomic E-state index is 12.6. The summed E-state index contributed by atoms with van der Waals surface area (Å²) >= 11 is 18.8. The number of halogens is 2. The molecule has 0 aliphatic carbocycles. The number of carbonyl (C=O) groups excluding carboxylic acids is 1. The molecule has 1 aliphatic heterocycles. The lowest BCUT2D eigenvalue weighted by atomic mass is 10.2. The first-order valence-electron chi connectivity index (χ1n) is 7.91. The van der Waals surface area contributed by atoms with Gasteiger partial charge in [0.25, 0.3) is 5.91 Å². The highest BCUT2D eigenvalue weighted by Crippen LogP contribution is 2.36. The smallest absolute Gasteiger partial charge is 0.269 e. The summed E-state index contributed by atoms with van der Waals surface area (Å²) in [7, 11) is 0. The van der Waals surface area contributed by atoms with Crippen LogP contribution < -0.4 is 20.1 Å². The van der Waals surface area contributed by atoms with Gasteiger partial charge in [-0.25, -0.2) is 0 Å².